The fourth-order valence-electron chi connectivity index (χ4n) is 2.98. The van der Waals surface area contributed by atoms with Crippen LogP contribution in [0.3, 0.4) is 0 Å². The lowest BCUT2D eigenvalue weighted by atomic mass is 10.0. The van der Waals surface area contributed by atoms with Crippen molar-refractivity contribution in [3.63, 3.8) is 0 Å². The van der Waals surface area contributed by atoms with Crippen LogP contribution in [0.25, 0.3) is 22.4 Å². The molecule has 0 aliphatic rings. The molecule has 0 spiro atoms. The molecule has 0 fully saturated rings. The minimum atomic E-state index is -1.11. The van der Waals surface area contributed by atoms with Gasteiger partial charge in [0, 0.05) is 17.3 Å². The number of nitrogens with one attached hydrogen (secondary N) is 1. The summed E-state index contributed by atoms with van der Waals surface area (Å²) in [5.41, 5.74) is 8.96. The number of hydrogen-bond acceptors (Lipinski definition) is 5. The van der Waals surface area contributed by atoms with Gasteiger partial charge in [0.05, 0.1) is 11.9 Å². The van der Waals surface area contributed by atoms with Crippen molar-refractivity contribution < 1.29 is 9.90 Å². The number of carboxylic acids is 1. The van der Waals surface area contributed by atoms with Crippen LogP contribution in [0.2, 0.25) is 0 Å². The summed E-state index contributed by atoms with van der Waals surface area (Å²) in [6.45, 7) is 3.28. The molecule has 0 saturated heterocycles. The van der Waals surface area contributed by atoms with Gasteiger partial charge in [-0.2, -0.15) is 0 Å². The quantitative estimate of drug-likeness (QED) is 0.569. The molecule has 3 rings (SSSR count). The molecule has 144 valence electrons. The Morgan fingerprint density at radius 3 is 2.46 bits per heavy atom. The Hall–Kier alpha value is -3.61. The molecule has 0 atom stereocenters. The van der Waals surface area contributed by atoms with E-state index in [0.29, 0.717) is 16.9 Å². The summed E-state index contributed by atoms with van der Waals surface area (Å²) >= 11 is 0. The highest BCUT2D eigenvalue weighted by molar-refractivity contribution is 5.77. The van der Waals surface area contributed by atoms with Crippen molar-refractivity contribution in [1.82, 2.24) is 9.55 Å². The number of aliphatic carboxylic acids is 1. The number of benzene rings is 2. The molecule has 0 saturated carbocycles. The number of nitrogen functional groups attached to an aromatic ring is 1. The van der Waals surface area contributed by atoms with Gasteiger partial charge in [-0.25, -0.2) is 4.98 Å². The van der Waals surface area contributed by atoms with Crippen LogP contribution in [-0.2, 0) is 11.3 Å². The van der Waals surface area contributed by atoms with Crippen molar-refractivity contribution in [2.24, 2.45) is 0 Å². The Kier molecular flexibility index (Phi) is 5.44. The van der Waals surface area contributed by atoms with Crippen molar-refractivity contribution in [2.45, 2.75) is 26.4 Å². The van der Waals surface area contributed by atoms with Crippen LogP contribution < -0.4 is 16.6 Å². The van der Waals surface area contributed by atoms with E-state index in [1.165, 1.54) is 10.8 Å². The lowest BCUT2D eigenvalue weighted by Crippen LogP contribution is -2.30. The average Bonchev–Trinajstić information content (AvgIpc) is 2.64. The van der Waals surface area contributed by atoms with Crippen LogP contribution in [0, 0.1) is 0 Å². The maximum Gasteiger partial charge on any atom is 0.323 e. The predicted octanol–water partition coefficient (Wildman–Crippen LogP) is 3.06. The highest BCUT2D eigenvalue weighted by Crippen LogP contribution is 2.29. The largest absolute Gasteiger partial charge is 0.480 e. The third-order valence-corrected chi connectivity index (χ3v) is 4.13. The normalized spacial score (nSPS) is 10.8. The third kappa shape index (κ3) is 4.20. The zero-order valence-corrected chi connectivity index (χ0v) is 15.7. The van der Waals surface area contributed by atoms with E-state index in [0.717, 1.165) is 11.1 Å². The minimum Gasteiger partial charge on any atom is -0.480 e. The Labute approximate surface area is 162 Å². The summed E-state index contributed by atoms with van der Waals surface area (Å²) in [4.78, 5) is 28.4. The lowest BCUT2D eigenvalue weighted by Gasteiger charge is -2.16. The maximum absolute atomic E-state index is 12.8. The molecule has 0 unspecified atom stereocenters. The average molecular weight is 378 g/mol. The van der Waals surface area contributed by atoms with Gasteiger partial charge in [-0.05, 0) is 43.2 Å². The van der Waals surface area contributed by atoms with E-state index in [4.69, 9.17) is 5.73 Å². The second kappa shape index (κ2) is 7.96. The number of anilines is 2. The van der Waals surface area contributed by atoms with Gasteiger partial charge in [0.2, 0.25) is 0 Å². The maximum atomic E-state index is 12.8. The fraction of sp³-hybridized carbons (Fsp3) is 0.190. The molecule has 7 nitrogen and oxygen atoms in total. The van der Waals surface area contributed by atoms with Gasteiger partial charge in [0.15, 0.2) is 5.82 Å². The van der Waals surface area contributed by atoms with Crippen LogP contribution in [0.5, 0.6) is 0 Å². The molecule has 0 radical (unpaired) electrons. The molecule has 2 aromatic carbocycles. The monoisotopic (exact) mass is 378 g/mol. The molecular weight excluding hydrogens is 356 g/mol. The second-order valence-electron chi connectivity index (χ2n) is 6.79. The van der Waals surface area contributed by atoms with E-state index in [1.54, 1.807) is 6.07 Å². The molecule has 0 aliphatic heterocycles. The van der Waals surface area contributed by atoms with E-state index in [1.807, 2.05) is 56.3 Å². The van der Waals surface area contributed by atoms with Crippen molar-refractivity contribution >= 4 is 17.5 Å². The first-order valence-electron chi connectivity index (χ1n) is 8.89. The zero-order chi connectivity index (χ0) is 20.3. The van der Waals surface area contributed by atoms with Crippen LogP contribution in [0.15, 0.2) is 59.5 Å². The number of hydrogen-bond donors (Lipinski definition) is 3. The number of nitrogens with zero attached hydrogens (tertiary/aromatic N) is 2. The van der Waals surface area contributed by atoms with Crippen LogP contribution in [-0.4, -0.2) is 26.7 Å². The van der Waals surface area contributed by atoms with Gasteiger partial charge in [-0.3, -0.25) is 14.2 Å². The van der Waals surface area contributed by atoms with Gasteiger partial charge in [0.25, 0.3) is 5.56 Å². The van der Waals surface area contributed by atoms with Gasteiger partial charge in [0.1, 0.15) is 6.54 Å². The van der Waals surface area contributed by atoms with Crippen molar-refractivity contribution in [1.29, 1.82) is 0 Å². The molecular formula is C21H22N4O3. The molecule has 28 heavy (non-hydrogen) atoms. The van der Waals surface area contributed by atoms with E-state index >= 15 is 0 Å². The summed E-state index contributed by atoms with van der Waals surface area (Å²) in [7, 11) is 0. The molecule has 7 heteroatoms. The summed E-state index contributed by atoms with van der Waals surface area (Å²) in [6.07, 6.45) is 1.50. The smallest absolute Gasteiger partial charge is 0.323 e. The standard InChI is InChI=1S/C21H22N4O3/c1-13(2)24-20-21(28)25(12-19(26)27)18(11-23-20)16-8-15(9-17(22)10-16)14-6-4-3-5-7-14/h3-11,13H,12,22H2,1-2H3,(H,23,24)(H,26,27). The van der Waals surface area contributed by atoms with Gasteiger partial charge < -0.3 is 16.2 Å². The van der Waals surface area contributed by atoms with Crippen molar-refractivity contribution in [2.75, 3.05) is 11.1 Å². The van der Waals surface area contributed by atoms with Gasteiger partial charge >= 0.3 is 5.97 Å². The zero-order valence-electron chi connectivity index (χ0n) is 15.7. The van der Waals surface area contributed by atoms with Gasteiger partial charge in [-0.1, -0.05) is 30.3 Å². The lowest BCUT2D eigenvalue weighted by molar-refractivity contribution is -0.137. The second-order valence-corrected chi connectivity index (χ2v) is 6.79. The fourth-order valence-corrected chi connectivity index (χ4v) is 2.98. The van der Waals surface area contributed by atoms with E-state index in [2.05, 4.69) is 10.3 Å². The Balaban J connectivity index is 2.18. The Morgan fingerprint density at radius 1 is 1.14 bits per heavy atom. The molecule has 1 aromatic heterocycles. The Morgan fingerprint density at radius 2 is 1.82 bits per heavy atom. The number of carboxylic acid groups (broad SMARTS) is 1. The molecule has 0 aliphatic carbocycles. The SMILES string of the molecule is CC(C)Nc1ncc(-c2cc(N)cc(-c3ccccc3)c2)n(CC(=O)O)c1=O. The summed E-state index contributed by atoms with van der Waals surface area (Å²) < 4.78 is 1.20. The molecule has 1 heterocycles. The molecule has 4 N–H and O–H groups in total. The molecule has 3 aromatic rings. The summed E-state index contributed by atoms with van der Waals surface area (Å²) in [5.74, 6) is -0.996. The summed E-state index contributed by atoms with van der Waals surface area (Å²) in [6, 6.07) is 15.1. The van der Waals surface area contributed by atoms with E-state index in [-0.39, 0.29) is 11.9 Å². The van der Waals surface area contributed by atoms with Crippen molar-refractivity contribution in [3.05, 3.63) is 65.1 Å². The highest BCUT2D eigenvalue weighted by Gasteiger charge is 2.16. The first-order valence-corrected chi connectivity index (χ1v) is 8.89. The van der Waals surface area contributed by atoms with Crippen LogP contribution in [0.1, 0.15) is 13.8 Å². The predicted molar refractivity (Wildman–Crippen MR) is 110 cm³/mol. The number of nitrogens with two attached hydrogens (primary N) is 1. The minimum absolute atomic E-state index is 0.0126. The highest BCUT2D eigenvalue weighted by atomic mass is 16.4. The Bertz CT molecular complexity index is 1060. The molecule has 0 amide bonds. The number of aromatic nitrogens is 2. The van der Waals surface area contributed by atoms with Crippen LogP contribution >= 0.6 is 0 Å². The first kappa shape index (κ1) is 19.2. The number of rotatable bonds is 6. The topological polar surface area (TPSA) is 110 Å². The molecule has 0 bridgehead atoms. The number of carbonyl (C=O) groups is 1. The van der Waals surface area contributed by atoms with E-state index < -0.39 is 18.1 Å². The van der Waals surface area contributed by atoms with Gasteiger partial charge in [-0.15, -0.1) is 0 Å². The van der Waals surface area contributed by atoms with E-state index in [9.17, 15) is 14.7 Å². The van der Waals surface area contributed by atoms with Crippen LogP contribution in [0.4, 0.5) is 11.5 Å². The summed E-state index contributed by atoms with van der Waals surface area (Å²) in [5, 5.41) is 12.2. The first-order chi connectivity index (χ1) is 13.3. The van der Waals surface area contributed by atoms with Crippen molar-refractivity contribution in [3.8, 4) is 22.4 Å². The third-order valence-electron chi connectivity index (χ3n) is 4.13.